The van der Waals surface area contributed by atoms with E-state index < -0.39 is 17.8 Å². The van der Waals surface area contributed by atoms with Crippen LogP contribution in [0.15, 0.2) is 24.5 Å². The van der Waals surface area contributed by atoms with E-state index >= 15 is 0 Å². The molecule has 0 spiro atoms. The van der Waals surface area contributed by atoms with Gasteiger partial charge < -0.3 is 20.3 Å². The summed E-state index contributed by atoms with van der Waals surface area (Å²) in [5.41, 5.74) is 6.34. The largest absolute Gasteiger partial charge is 0.493 e. The number of halogens is 1. The zero-order chi connectivity index (χ0) is 20.3. The lowest BCUT2D eigenvalue weighted by Gasteiger charge is -2.23. The van der Waals surface area contributed by atoms with Gasteiger partial charge in [-0.15, -0.1) is 10.2 Å². The van der Waals surface area contributed by atoms with Crippen LogP contribution >= 0.6 is 0 Å². The van der Waals surface area contributed by atoms with E-state index in [2.05, 4.69) is 10.2 Å². The first-order valence-corrected chi connectivity index (χ1v) is 8.69. The molecule has 148 valence electrons. The molecule has 0 saturated carbocycles. The molecule has 10 nitrogen and oxygen atoms in total. The fourth-order valence-electron chi connectivity index (χ4n) is 3.84. The number of aromatic nitrogens is 3. The lowest BCUT2D eigenvalue weighted by molar-refractivity contribution is 0.100. The second kappa shape index (κ2) is 6.06. The molecule has 3 aromatic rings. The highest BCUT2D eigenvalue weighted by Gasteiger charge is 2.35. The molecule has 2 aliphatic rings. The fraction of sp³-hybridized carbons (Fsp3) is 0.222. The van der Waals surface area contributed by atoms with Gasteiger partial charge in [0.2, 0.25) is 0 Å². The molecule has 1 aromatic carbocycles. The summed E-state index contributed by atoms with van der Waals surface area (Å²) in [6.07, 6.45) is -0.0937. The topological polar surface area (TPSA) is 132 Å². The van der Waals surface area contributed by atoms with Crippen LogP contribution in [0.3, 0.4) is 0 Å². The van der Waals surface area contributed by atoms with Crippen molar-refractivity contribution in [1.82, 2.24) is 14.6 Å². The summed E-state index contributed by atoms with van der Waals surface area (Å²) >= 11 is 0. The van der Waals surface area contributed by atoms with Crippen LogP contribution in [0.4, 0.5) is 15.0 Å². The number of anilines is 1. The van der Waals surface area contributed by atoms with Crippen LogP contribution in [-0.4, -0.2) is 44.9 Å². The lowest BCUT2D eigenvalue weighted by atomic mass is 9.95. The van der Waals surface area contributed by atoms with Gasteiger partial charge in [0.25, 0.3) is 5.91 Å². The molecule has 11 heteroatoms. The van der Waals surface area contributed by atoms with Gasteiger partial charge in [-0.25, -0.2) is 9.18 Å². The molecule has 0 saturated heterocycles. The zero-order valence-corrected chi connectivity index (χ0v) is 14.8. The van der Waals surface area contributed by atoms with Crippen molar-refractivity contribution in [1.29, 1.82) is 0 Å². The van der Waals surface area contributed by atoms with Crippen molar-refractivity contribution >= 4 is 23.5 Å². The fourth-order valence-corrected chi connectivity index (χ4v) is 3.84. The van der Waals surface area contributed by atoms with Gasteiger partial charge in [0.1, 0.15) is 17.9 Å². The van der Waals surface area contributed by atoms with Crippen molar-refractivity contribution in [2.45, 2.75) is 12.5 Å². The number of carboxylic acid groups (broad SMARTS) is 1. The Balaban J connectivity index is 1.79. The Morgan fingerprint density at radius 3 is 2.72 bits per heavy atom. The van der Waals surface area contributed by atoms with Gasteiger partial charge in [0, 0.05) is 17.2 Å². The molecule has 4 heterocycles. The molecule has 0 bridgehead atoms. The van der Waals surface area contributed by atoms with E-state index in [1.165, 1.54) is 28.9 Å². The summed E-state index contributed by atoms with van der Waals surface area (Å²) in [6.45, 7) is 0.0747. The summed E-state index contributed by atoms with van der Waals surface area (Å²) in [6, 6.07) is 4.11. The maximum atomic E-state index is 14.7. The van der Waals surface area contributed by atoms with Crippen molar-refractivity contribution < 1.29 is 28.6 Å². The van der Waals surface area contributed by atoms with Crippen LogP contribution in [0.25, 0.3) is 5.65 Å². The predicted octanol–water partition coefficient (Wildman–Crippen LogP) is 1.52. The molecule has 2 amide bonds. The molecule has 0 aliphatic carbocycles. The quantitative estimate of drug-likeness (QED) is 0.634. The molecule has 5 rings (SSSR count). The van der Waals surface area contributed by atoms with E-state index in [-0.39, 0.29) is 54.0 Å². The van der Waals surface area contributed by atoms with Crippen LogP contribution in [0.1, 0.15) is 27.4 Å². The van der Waals surface area contributed by atoms with E-state index in [9.17, 15) is 19.1 Å². The molecule has 1 atom stereocenters. The second-order valence-corrected chi connectivity index (χ2v) is 6.76. The van der Waals surface area contributed by atoms with Crippen molar-refractivity contribution in [3.05, 3.63) is 47.0 Å². The number of rotatable bonds is 1. The third-order valence-corrected chi connectivity index (χ3v) is 5.13. The Morgan fingerprint density at radius 2 is 2.00 bits per heavy atom. The molecule has 3 N–H and O–H groups in total. The number of benzene rings is 1. The number of carbonyl (C=O) groups excluding carboxylic acids is 1. The first-order valence-electron chi connectivity index (χ1n) is 8.69. The highest BCUT2D eigenvalue weighted by atomic mass is 19.1. The van der Waals surface area contributed by atoms with Crippen LogP contribution in [0, 0.1) is 5.82 Å². The van der Waals surface area contributed by atoms with Gasteiger partial charge in [0.05, 0.1) is 31.2 Å². The number of pyridine rings is 1. The molecule has 2 aromatic heterocycles. The average Bonchev–Trinajstić information content (AvgIpc) is 3.32. The van der Waals surface area contributed by atoms with Gasteiger partial charge in [-0.05, 0) is 12.1 Å². The van der Waals surface area contributed by atoms with E-state index in [1.54, 1.807) is 0 Å². The van der Waals surface area contributed by atoms with E-state index in [1.807, 2.05) is 0 Å². The Labute approximate surface area is 162 Å². The lowest BCUT2D eigenvalue weighted by Crippen LogP contribution is -2.31. The Kier molecular flexibility index (Phi) is 3.60. The summed E-state index contributed by atoms with van der Waals surface area (Å²) in [5, 5.41) is 17.5. The number of nitrogens with zero attached hydrogens (tertiary/aromatic N) is 4. The predicted molar refractivity (Wildman–Crippen MR) is 95.8 cm³/mol. The van der Waals surface area contributed by atoms with Crippen molar-refractivity contribution in [2.75, 3.05) is 18.1 Å². The van der Waals surface area contributed by atoms with Crippen LogP contribution in [0.5, 0.6) is 11.5 Å². The van der Waals surface area contributed by atoms with Crippen LogP contribution in [0.2, 0.25) is 0 Å². The van der Waals surface area contributed by atoms with Gasteiger partial charge >= 0.3 is 6.09 Å². The van der Waals surface area contributed by atoms with Crippen LogP contribution < -0.4 is 20.1 Å². The number of amides is 2. The molecule has 0 radical (unpaired) electrons. The summed E-state index contributed by atoms with van der Waals surface area (Å²) in [5.74, 6) is -0.959. The zero-order valence-electron chi connectivity index (χ0n) is 14.8. The maximum absolute atomic E-state index is 14.7. The minimum atomic E-state index is -1.34. The molecular formula is C18H14FN5O5. The number of fused-ring (bicyclic) bond motifs is 3. The van der Waals surface area contributed by atoms with Crippen molar-refractivity contribution in [3.63, 3.8) is 0 Å². The molecule has 29 heavy (non-hydrogen) atoms. The van der Waals surface area contributed by atoms with E-state index in [0.29, 0.717) is 11.3 Å². The maximum Gasteiger partial charge on any atom is 0.413 e. The standard InChI is InChI=1S/C18H14FN5O5/c19-11-1-2-12-14-8(5-28-12)6-29-13-3-9(15(20)25)16-22-21-7-24(16)17(13)23(18(26)27)4-10(11)14/h1-3,7-8H,4-6H2,(H2,20,25)(H,26,27)/t8-/m0/s1. The average molecular weight is 399 g/mol. The number of ether oxygens (including phenoxy) is 2. The first-order chi connectivity index (χ1) is 14.0. The molecule has 2 aliphatic heterocycles. The molecular weight excluding hydrogens is 385 g/mol. The van der Waals surface area contributed by atoms with Gasteiger partial charge in [0.15, 0.2) is 17.2 Å². The Morgan fingerprint density at radius 1 is 1.24 bits per heavy atom. The number of primary amides is 1. The third-order valence-electron chi connectivity index (χ3n) is 5.13. The number of nitrogens with two attached hydrogens (primary N) is 1. The van der Waals surface area contributed by atoms with E-state index in [4.69, 9.17) is 15.2 Å². The second-order valence-electron chi connectivity index (χ2n) is 6.76. The highest BCUT2D eigenvalue weighted by Crippen LogP contribution is 2.42. The van der Waals surface area contributed by atoms with Gasteiger partial charge in [-0.3, -0.25) is 14.1 Å². The normalized spacial score (nSPS) is 17.4. The summed E-state index contributed by atoms with van der Waals surface area (Å²) < 4.78 is 27.5. The molecule has 0 fully saturated rings. The molecule has 0 unspecified atom stereocenters. The Hall–Kier alpha value is -3.89. The minimum absolute atomic E-state index is 0.0258. The first kappa shape index (κ1) is 17.2. The monoisotopic (exact) mass is 399 g/mol. The van der Waals surface area contributed by atoms with Gasteiger partial charge in [-0.1, -0.05) is 0 Å². The van der Waals surface area contributed by atoms with E-state index in [0.717, 1.165) is 4.90 Å². The third kappa shape index (κ3) is 2.47. The van der Waals surface area contributed by atoms with Gasteiger partial charge in [-0.2, -0.15) is 0 Å². The number of carbonyl (C=O) groups is 2. The Bertz CT molecular complexity index is 1190. The SMILES string of the molecule is NC(=O)c1cc2c(n3cnnc13)N(C(=O)O)Cc1c(F)ccc3c1[C@@H](CO3)CO2. The minimum Gasteiger partial charge on any atom is -0.493 e. The highest BCUT2D eigenvalue weighted by molar-refractivity contribution is 6.00. The number of hydrogen-bond acceptors (Lipinski definition) is 6. The van der Waals surface area contributed by atoms with Crippen LogP contribution in [-0.2, 0) is 6.54 Å². The van der Waals surface area contributed by atoms with Crippen molar-refractivity contribution in [3.8, 4) is 11.5 Å². The summed E-state index contributed by atoms with van der Waals surface area (Å²) in [7, 11) is 0. The number of hydrogen-bond donors (Lipinski definition) is 2. The van der Waals surface area contributed by atoms with Crippen molar-refractivity contribution in [2.24, 2.45) is 5.73 Å². The summed E-state index contributed by atoms with van der Waals surface area (Å²) in [4.78, 5) is 25.0. The smallest absolute Gasteiger partial charge is 0.413 e.